The van der Waals surface area contributed by atoms with E-state index in [2.05, 4.69) is 67.7 Å². The molecule has 0 heterocycles. The number of carboxylic acids is 1. The van der Waals surface area contributed by atoms with Gasteiger partial charge in [0, 0.05) is 12.1 Å². The van der Waals surface area contributed by atoms with E-state index >= 15 is 0 Å². The maximum Gasteiger partial charge on any atom is 0.335 e. The third kappa shape index (κ3) is 7.51. The summed E-state index contributed by atoms with van der Waals surface area (Å²) < 4.78 is 6.08. The predicted molar refractivity (Wildman–Crippen MR) is 153 cm³/mol. The quantitative estimate of drug-likeness (QED) is 0.212. The molecule has 5 heteroatoms. The maximum atomic E-state index is 11.1. The number of carboxylic acid groups (broad SMARTS) is 1. The number of rotatable bonds is 12. The highest BCUT2D eigenvalue weighted by molar-refractivity contribution is 5.87. The van der Waals surface area contributed by atoms with Crippen molar-refractivity contribution in [1.82, 2.24) is 5.32 Å². The van der Waals surface area contributed by atoms with Crippen LogP contribution in [0, 0.1) is 0 Å². The molecule has 2 atom stereocenters. The number of fused-ring (bicyclic) bond motifs is 1. The van der Waals surface area contributed by atoms with E-state index < -0.39 is 12.1 Å². The lowest BCUT2D eigenvalue weighted by molar-refractivity contribution is -0.00445. The van der Waals surface area contributed by atoms with Crippen LogP contribution in [0.4, 0.5) is 0 Å². The standard InChI is InChI=1S/C33H37NO4/c1-23(31-11-7-6-10-29(31)18-24-12-16-27(17-13-24)32(36)37)38-22-30(35)21-34-33(2,3)20-25-14-15-26-8-4-5-9-28(26)19-25/h4-17,19,23,30,34-35H,18,20-22H2,1-3H3,(H,36,37)/t23-,30-/m1/s1. The molecule has 0 amide bonds. The molecule has 5 nitrogen and oxygen atoms in total. The average Bonchev–Trinajstić information content (AvgIpc) is 2.91. The molecule has 0 aromatic heterocycles. The molecule has 0 spiro atoms. The number of β-amino-alcohol motifs (C(OH)–C–C–N with tert-alkyl or cyclic N) is 1. The van der Waals surface area contributed by atoms with Gasteiger partial charge in [0.2, 0.25) is 0 Å². The van der Waals surface area contributed by atoms with E-state index in [0.717, 1.165) is 23.1 Å². The molecule has 198 valence electrons. The molecule has 0 fully saturated rings. The molecule has 0 unspecified atom stereocenters. The van der Waals surface area contributed by atoms with Crippen LogP contribution in [0.25, 0.3) is 10.8 Å². The molecule has 0 aliphatic rings. The van der Waals surface area contributed by atoms with E-state index in [1.807, 2.05) is 37.3 Å². The van der Waals surface area contributed by atoms with Crippen LogP contribution in [0.5, 0.6) is 0 Å². The number of carbonyl (C=O) groups is 1. The molecule has 0 radical (unpaired) electrons. The fraction of sp³-hybridized carbons (Fsp3) is 0.303. The summed E-state index contributed by atoms with van der Waals surface area (Å²) in [7, 11) is 0. The number of hydrogen-bond acceptors (Lipinski definition) is 4. The summed E-state index contributed by atoms with van der Waals surface area (Å²) in [5, 5.41) is 25.8. The Morgan fingerprint density at radius 3 is 2.29 bits per heavy atom. The van der Waals surface area contributed by atoms with Gasteiger partial charge in [-0.3, -0.25) is 0 Å². The van der Waals surface area contributed by atoms with Crippen LogP contribution in [0.2, 0.25) is 0 Å². The molecule has 0 aliphatic heterocycles. The summed E-state index contributed by atoms with van der Waals surface area (Å²) in [4.78, 5) is 11.1. The van der Waals surface area contributed by atoms with Crippen molar-refractivity contribution in [2.24, 2.45) is 0 Å². The van der Waals surface area contributed by atoms with Crippen molar-refractivity contribution in [3.63, 3.8) is 0 Å². The first-order valence-corrected chi connectivity index (χ1v) is 13.1. The topological polar surface area (TPSA) is 78.8 Å². The van der Waals surface area contributed by atoms with Gasteiger partial charge in [0.25, 0.3) is 0 Å². The van der Waals surface area contributed by atoms with Gasteiger partial charge < -0.3 is 20.3 Å². The summed E-state index contributed by atoms with van der Waals surface area (Å²) in [6.45, 7) is 6.96. The number of benzene rings is 4. The Morgan fingerprint density at radius 2 is 1.55 bits per heavy atom. The van der Waals surface area contributed by atoms with Gasteiger partial charge in [-0.25, -0.2) is 4.79 Å². The highest BCUT2D eigenvalue weighted by atomic mass is 16.5. The van der Waals surface area contributed by atoms with Crippen molar-refractivity contribution < 1.29 is 19.7 Å². The van der Waals surface area contributed by atoms with Crippen LogP contribution in [-0.2, 0) is 17.6 Å². The molecule has 0 aliphatic carbocycles. The van der Waals surface area contributed by atoms with Gasteiger partial charge in [-0.15, -0.1) is 0 Å². The fourth-order valence-corrected chi connectivity index (χ4v) is 4.80. The molecule has 0 saturated heterocycles. The van der Waals surface area contributed by atoms with Crippen LogP contribution in [0.15, 0.2) is 91.0 Å². The van der Waals surface area contributed by atoms with Crippen molar-refractivity contribution in [3.05, 3.63) is 119 Å². The second-order valence-corrected chi connectivity index (χ2v) is 10.6. The summed E-state index contributed by atoms with van der Waals surface area (Å²) in [5.41, 5.74) is 4.57. The first kappa shape index (κ1) is 27.5. The van der Waals surface area contributed by atoms with Crippen molar-refractivity contribution in [2.45, 2.75) is 51.4 Å². The van der Waals surface area contributed by atoms with Gasteiger partial charge in [0.1, 0.15) is 0 Å². The van der Waals surface area contributed by atoms with Crippen molar-refractivity contribution in [2.75, 3.05) is 13.2 Å². The summed E-state index contributed by atoms with van der Waals surface area (Å²) in [6.07, 6.45) is 0.702. The third-order valence-corrected chi connectivity index (χ3v) is 6.90. The van der Waals surface area contributed by atoms with Crippen molar-refractivity contribution in [3.8, 4) is 0 Å². The molecule has 4 rings (SSSR count). The highest BCUT2D eigenvalue weighted by Gasteiger charge is 2.20. The lowest BCUT2D eigenvalue weighted by Crippen LogP contribution is -2.46. The number of aliphatic hydroxyl groups excluding tert-OH is 1. The smallest absolute Gasteiger partial charge is 0.335 e. The van der Waals surface area contributed by atoms with E-state index in [4.69, 9.17) is 9.84 Å². The Kier molecular flexibility index (Phi) is 8.95. The van der Waals surface area contributed by atoms with E-state index in [0.29, 0.717) is 13.0 Å². The van der Waals surface area contributed by atoms with E-state index in [9.17, 15) is 9.90 Å². The van der Waals surface area contributed by atoms with Crippen LogP contribution >= 0.6 is 0 Å². The second kappa shape index (κ2) is 12.4. The lowest BCUT2D eigenvalue weighted by atomic mass is 9.93. The van der Waals surface area contributed by atoms with E-state index in [-0.39, 0.29) is 23.8 Å². The highest BCUT2D eigenvalue weighted by Crippen LogP contribution is 2.24. The monoisotopic (exact) mass is 511 g/mol. The van der Waals surface area contributed by atoms with Gasteiger partial charge in [0.15, 0.2) is 0 Å². The zero-order valence-corrected chi connectivity index (χ0v) is 22.4. The molecular formula is C33H37NO4. The third-order valence-electron chi connectivity index (χ3n) is 6.90. The number of ether oxygens (including phenoxy) is 1. The van der Waals surface area contributed by atoms with Crippen LogP contribution < -0.4 is 5.32 Å². The molecule has 38 heavy (non-hydrogen) atoms. The van der Waals surface area contributed by atoms with Crippen LogP contribution in [0.1, 0.15) is 59.5 Å². The largest absolute Gasteiger partial charge is 0.478 e. The fourth-order valence-electron chi connectivity index (χ4n) is 4.80. The Morgan fingerprint density at radius 1 is 0.895 bits per heavy atom. The SMILES string of the molecule is C[C@@H](OC[C@H](O)CNC(C)(C)Cc1ccc2ccccc2c1)c1ccccc1Cc1ccc(C(=O)O)cc1. The van der Waals surface area contributed by atoms with Gasteiger partial charge in [-0.2, -0.15) is 0 Å². The summed E-state index contributed by atoms with van der Waals surface area (Å²) in [6, 6.07) is 30.0. The van der Waals surface area contributed by atoms with Gasteiger partial charge >= 0.3 is 5.97 Å². The predicted octanol–water partition coefficient (Wildman–Crippen LogP) is 6.18. The Balaban J connectivity index is 1.29. The van der Waals surface area contributed by atoms with Crippen LogP contribution in [-0.4, -0.2) is 41.0 Å². The second-order valence-electron chi connectivity index (χ2n) is 10.6. The van der Waals surface area contributed by atoms with E-state index in [1.165, 1.54) is 16.3 Å². The Hall–Kier alpha value is -3.51. The Labute approximate surface area is 225 Å². The minimum atomic E-state index is -0.927. The molecular weight excluding hydrogens is 474 g/mol. The molecule has 3 N–H and O–H groups in total. The molecule has 0 saturated carbocycles. The number of nitrogens with one attached hydrogen (secondary N) is 1. The minimum absolute atomic E-state index is 0.183. The number of hydrogen-bond donors (Lipinski definition) is 3. The normalized spacial score (nSPS) is 13.4. The summed E-state index contributed by atoms with van der Waals surface area (Å²) >= 11 is 0. The summed E-state index contributed by atoms with van der Waals surface area (Å²) in [5.74, 6) is -0.927. The average molecular weight is 512 g/mol. The molecule has 4 aromatic rings. The van der Waals surface area contributed by atoms with Gasteiger partial charge in [0.05, 0.1) is 24.4 Å². The molecule has 0 bridgehead atoms. The van der Waals surface area contributed by atoms with Gasteiger partial charge in [-0.05, 0) is 78.8 Å². The zero-order valence-electron chi connectivity index (χ0n) is 22.4. The minimum Gasteiger partial charge on any atom is -0.478 e. The number of aliphatic hydroxyl groups is 1. The first-order chi connectivity index (χ1) is 18.2. The Bertz CT molecular complexity index is 1360. The number of aromatic carboxylic acids is 1. The van der Waals surface area contributed by atoms with Crippen molar-refractivity contribution >= 4 is 16.7 Å². The molecule has 4 aromatic carbocycles. The van der Waals surface area contributed by atoms with Gasteiger partial charge in [-0.1, -0.05) is 78.9 Å². The first-order valence-electron chi connectivity index (χ1n) is 13.1. The maximum absolute atomic E-state index is 11.1. The van der Waals surface area contributed by atoms with Crippen LogP contribution in [0.3, 0.4) is 0 Å². The van der Waals surface area contributed by atoms with E-state index in [1.54, 1.807) is 12.1 Å². The zero-order chi connectivity index (χ0) is 27.1. The van der Waals surface area contributed by atoms with Crippen molar-refractivity contribution in [1.29, 1.82) is 0 Å². The lowest BCUT2D eigenvalue weighted by Gasteiger charge is -2.28.